The second-order valence-corrected chi connectivity index (χ2v) is 5.42. The zero-order valence-corrected chi connectivity index (χ0v) is 11.4. The molecule has 0 aliphatic heterocycles. The molecule has 0 saturated carbocycles. The molecule has 0 heterocycles. The highest BCUT2D eigenvalue weighted by Gasteiger charge is 2.14. The minimum atomic E-state index is -4.55. The predicted octanol–water partition coefficient (Wildman–Crippen LogP) is -2.33. The van der Waals surface area contributed by atoms with Crippen molar-refractivity contribution in [3.05, 3.63) is 0 Å². The zero-order chi connectivity index (χ0) is 14.9. The summed E-state index contributed by atoms with van der Waals surface area (Å²) in [5.41, 5.74) is 4.75. The van der Waals surface area contributed by atoms with Crippen LogP contribution in [-0.4, -0.2) is 57.4 Å². The van der Waals surface area contributed by atoms with Gasteiger partial charge in [-0.2, -0.15) is 0 Å². The van der Waals surface area contributed by atoms with Gasteiger partial charge in [-0.05, 0) is 0 Å². The third-order valence-corrected chi connectivity index (χ3v) is 2.43. The molecule has 6 N–H and O–H groups in total. The van der Waals surface area contributed by atoms with Gasteiger partial charge in [0.2, 0.25) is 6.41 Å². The zero-order valence-electron chi connectivity index (χ0n) is 9.58. The molecule has 19 heavy (non-hydrogen) atoms. The van der Waals surface area contributed by atoms with Gasteiger partial charge in [0, 0.05) is 13.1 Å². The first-order chi connectivity index (χ1) is 8.64. The van der Waals surface area contributed by atoms with Gasteiger partial charge in [-0.1, -0.05) is 0 Å². The fourth-order valence-corrected chi connectivity index (χ4v) is 1.45. The predicted molar refractivity (Wildman–Crippen MR) is 59.9 cm³/mol. The standard InChI is InChI=1S/C5H15N3O9P2/c9-5-8(6-1-3-16-18(10,11)12)7-2-4-17-19(13,14)15/h5-7H,1-4H2,(H2,10,11,12)(H2,13,14,15). The highest BCUT2D eigenvalue weighted by atomic mass is 31.2. The molecule has 0 aliphatic carbocycles. The Hall–Kier alpha value is -0.390. The molecular formula is C5H15N3O9P2. The summed E-state index contributed by atoms with van der Waals surface area (Å²) in [5, 5.41) is 0.784. The van der Waals surface area contributed by atoms with Crippen molar-refractivity contribution in [2.24, 2.45) is 0 Å². The molecule has 0 fully saturated rings. The Kier molecular flexibility index (Phi) is 8.54. The van der Waals surface area contributed by atoms with Crippen LogP contribution in [0.5, 0.6) is 0 Å². The van der Waals surface area contributed by atoms with Crippen molar-refractivity contribution in [1.29, 1.82) is 0 Å². The van der Waals surface area contributed by atoms with Gasteiger partial charge >= 0.3 is 15.6 Å². The maximum Gasteiger partial charge on any atom is 0.469 e. The van der Waals surface area contributed by atoms with Crippen LogP contribution in [0.25, 0.3) is 0 Å². The van der Waals surface area contributed by atoms with Gasteiger partial charge in [0.25, 0.3) is 0 Å². The molecule has 0 bridgehead atoms. The van der Waals surface area contributed by atoms with Crippen LogP contribution in [0.15, 0.2) is 0 Å². The molecule has 0 aromatic rings. The van der Waals surface area contributed by atoms with Crippen LogP contribution < -0.4 is 10.9 Å². The highest BCUT2D eigenvalue weighted by molar-refractivity contribution is 7.46. The lowest BCUT2D eigenvalue weighted by atomic mass is 10.7. The molecule has 0 rings (SSSR count). The first-order valence-electron chi connectivity index (χ1n) is 4.76. The van der Waals surface area contributed by atoms with Crippen molar-refractivity contribution in [3.63, 3.8) is 0 Å². The van der Waals surface area contributed by atoms with E-state index >= 15 is 0 Å². The van der Waals surface area contributed by atoms with Crippen molar-refractivity contribution in [2.75, 3.05) is 26.3 Å². The van der Waals surface area contributed by atoms with Crippen LogP contribution >= 0.6 is 15.6 Å². The Bertz CT molecular complexity index is 324. The largest absolute Gasteiger partial charge is 0.469 e. The summed E-state index contributed by atoms with van der Waals surface area (Å²) in [7, 11) is -9.11. The quantitative estimate of drug-likeness (QED) is 0.104. The summed E-state index contributed by atoms with van der Waals surface area (Å²) in [6.45, 7) is -0.878. The molecule has 12 nitrogen and oxygen atoms in total. The molecule has 0 saturated heterocycles. The topological polar surface area (TPSA) is 178 Å². The van der Waals surface area contributed by atoms with E-state index in [-0.39, 0.29) is 26.3 Å². The van der Waals surface area contributed by atoms with Gasteiger partial charge < -0.3 is 19.6 Å². The number of hydrogen-bond donors (Lipinski definition) is 6. The van der Waals surface area contributed by atoms with Crippen molar-refractivity contribution >= 4 is 22.1 Å². The third kappa shape index (κ3) is 13.8. The van der Waals surface area contributed by atoms with E-state index in [9.17, 15) is 13.9 Å². The Labute approximate surface area is 108 Å². The second-order valence-electron chi connectivity index (χ2n) is 2.94. The van der Waals surface area contributed by atoms with Crippen molar-refractivity contribution in [3.8, 4) is 0 Å². The third-order valence-electron chi connectivity index (χ3n) is 1.39. The summed E-state index contributed by atoms with van der Waals surface area (Å²) < 4.78 is 28.8. The normalized spacial score (nSPS) is 12.4. The van der Waals surface area contributed by atoms with E-state index < -0.39 is 15.6 Å². The van der Waals surface area contributed by atoms with E-state index in [1.54, 1.807) is 0 Å². The highest BCUT2D eigenvalue weighted by Crippen LogP contribution is 2.35. The van der Waals surface area contributed by atoms with Gasteiger partial charge in [0.05, 0.1) is 13.2 Å². The Morgan fingerprint density at radius 1 is 0.947 bits per heavy atom. The lowest BCUT2D eigenvalue weighted by Gasteiger charge is -2.19. The number of nitrogens with one attached hydrogen (secondary N) is 2. The van der Waals surface area contributed by atoms with Crippen LogP contribution in [0.3, 0.4) is 0 Å². The lowest BCUT2D eigenvalue weighted by Crippen LogP contribution is -2.49. The summed E-state index contributed by atoms with van der Waals surface area (Å²) >= 11 is 0. The van der Waals surface area contributed by atoms with E-state index in [1.165, 1.54) is 0 Å². The maximum absolute atomic E-state index is 10.5. The van der Waals surface area contributed by atoms with Crippen molar-refractivity contribution in [2.45, 2.75) is 0 Å². The van der Waals surface area contributed by atoms with E-state index in [0.717, 1.165) is 5.12 Å². The van der Waals surface area contributed by atoms with E-state index in [0.29, 0.717) is 6.41 Å². The molecule has 14 heteroatoms. The maximum atomic E-state index is 10.5. The summed E-state index contributed by atoms with van der Waals surface area (Å²) in [5.74, 6) is 0. The molecule has 114 valence electrons. The molecule has 1 amide bonds. The fraction of sp³-hybridized carbons (Fsp3) is 0.800. The van der Waals surface area contributed by atoms with E-state index in [2.05, 4.69) is 19.9 Å². The van der Waals surface area contributed by atoms with Gasteiger partial charge in [-0.15, -0.1) is 0 Å². The molecule has 0 aliphatic rings. The van der Waals surface area contributed by atoms with Gasteiger partial charge in [-0.3, -0.25) is 13.8 Å². The second kappa shape index (κ2) is 8.72. The number of amides is 1. The number of carbonyl (C=O) groups excluding carboxylic acids is 1. The number of rotatable bonds is 11. The fourth-order valence-electron chi connectivity index (χ4n) is 0.792. The first-order valence-corrected chi connectivity index (χ1v) is 7.82. The number of hydrazine groups is 2. The molecule has 0 unspecified atom stereocenters. The number of phosphoric ester groups is 2. The van der Waals surface area contributed by atoms with Crippen LogP contribution in [0, 0.1) is 0 Å². The monoisotopic (exact) mass is 323 g/mol. The average Bonchev–Trinajstić information content (AvgIpc) is 2.24. The Morgan fingerprint density at radius 3 is 1.58 bits per heavy atom. The molecule has 0 spiro atoms. The molecule has 0 atom stereocenters. The van der Waals surface area contributed by atoms with Gasteiger partial charge in [0.15, 0.2) is 0 Å². The summed E-state index contributed by atoms with van der Waals surface area (Å²) in [6, 6.07) is 0. The Balaban J connectivity index is 3.69. The minimum absolute atomic E-state index is 0.0871. The number of carbonyl (C=O) groups is 1. The summed E-state index contributed by atoms with van der Waals surface area (Å²) in [6.07, 6.45) is 0.301. The van der Waals surface area contributed by atoms with E-state index in [1.807, 2.05) is 0 Å². The minimum Gasteiger partial charge on any atom is -0.303 e. The van der Waals surface area contributed by atoms with E-state index in [4.69, 9.17) is 19.6 Å². The smallest absolute Gasteiger partial charge is 0.303 e. The van der Waals surface area contributed by atoms with Crippen LogP contribution in [0.2, 0.25) is 0 Å². The lowest BCUT2D eigenvalue weighted by molar-refractivity contribution is -0.124. The molecule has 0 radical (unpaired) electrons. The molecule has 0 aromatic carbocycles. The van der Waals surface area contributed by atoms with Gasteiger partial charge in [-0.25, -0.2) is 25.1 Å². The number of nitrogens with zero attached hydrogens (tertiary/aromatic N) is 1. The number of hydrogen-bond acceptors (Lipinski definition) is 7. The Morgan fingerprint density at radius 2 is 1.32 bits per heavy atom. The molecular weight excluding hydrogens is 308 g/mol. The van der Waals surface area contributed by atoms with Crippen LogP contribution in [0.1, 0.15) is 0 Å². The number of phosphoric acid groups is 2. The van der Waals surface area contributed by atoms with Gasteiger partial charge in [0.1, 0.15) is 0 Å². The summed E-state index contributed by atoms with van der Waals surface area (Å²) in [4.78, 5) is 43.9. The van der Waals surface area contributed by atoms with Crippen LogP contribution in [0.4, 0.5) is 0 Å². The van der Waals surface area contributed by atoms with Crippen molar-refractivity contribution in [1.82, 2.24) is 16.0 Å². The van der Waals surface area contributed by atoms with Crippen molar-refractivity contribution < 1.29 is 42.5 Å². The first kappa shape index (κ1) is 18.6. The SMILES string of the molecule is O=CN(NCCOP(=O)(O)O)NCCOP(=O)(O)O. The average molecular weight is 323 g/mol. The molecule has 0 aromatic heterocycles. The van der Waals surface area contributed by atoms with Crippen LogP contribution in [-0.2, 0) is 23.0 Å².